The van der Waals surface area contributed by atoms with E-state index in [0.717, 1.165) is 6.08 Å². The molecule has 8 heteroatoms. The first-order chi connectivity index (χ1) is 12.3. The van der Waals surface area contributed by atoms with Crippen LogP contribution in [0.3, 0.4) is 0 Å². The van der Waals surface area contributed by atoms with Crippen LogP contribution in [0.5, 0.6) is 23.0 Å². The van der Waals surface area contributed by atoms with Gasteiger partial charge >= 0.3 is 5.97 Å². The molecule has 2 aromatic carbocycles. The van der Waals surface area contributed by atoms with Crippen LogP contribution in [0, 0.1) is 0 Å². The number of phenolic OH excluding ortho intramolecular Hbond substituents is 4. The zero-order chi connectivity index (χ0) is 19.3. The Labute approximate surface area is 153 Å². The maximum Gasteiger partial charge on any atom is 0.331 e. The van der Waals surface area contributed by atoms with Gasteiger partial charge in [-0.3, -0.25) is 4.79 Å². The highest BCUT2D eigenvalue weighted by Crippen LogP contribution is 2.26. The Bertz CT molecular complexity index is 861. The van der Waals surface area contributed by atoms with Crippen molar-refractivity contribution in [1.82, 2.24) is 0 Å². The molecule has 0 saturated carbocycles. The molecule has 0 spiro atoms. The molecule has 0 bridgehead atoms. The summed E-state index contributed by atoms with van der Waals surface area (Å²) < 4.78 is 5.00. The molecule has 2 aromatic rings. The monoisotopic (exact) mass is 378 g/mol. The van der Waals surface area contributed by atoms with E-state index in [0.29, 0.717) is 11.1 Å². The van der Waals surface area contributed by atoms with Gasteiger partial charge in [-0.15, -0.1) is 0 Å². The minimum absolute atomic E-state index is 0.0875. The molecular formula is C18H15ClO7. The van der Waals surface area contributed by atoms with Crippen molar-refractivity contribution in [3.05, 3.63) is 53.6 Å². The van der Waals surface area contributed by atoms with Crippen LogP contribution in [-0.2, 0) is 20.7 Å². The van der Waals surface area contributed by atoms with Gasteiger partial charge in [-0.05, 0) is 53.1 Å². The molecule has 0 aromatic heterocycles. The highest BCUT2D eigenvalue weighted by Gasteiger charge is 2.21. The molecule has 0 aliphatic heterocycles. The van der Waals surface area contributed by atoms with Gasteiger partial charge in [-0.1, -0.05) is 12.1 Å². The van der Waals surface area contributed by atoms with Crippen LogP contribution in [0.15, 0.2) is 42.5 Å². The predicted octanol–water partition coefficient (Wildman–Crippen LogP) is 2.44. The average molecular weight is 379 g/mol. The number of aromatic hydroxyl groups is 4. The lowest BCUT2D eigenvalue weighted by Crippen LogP contribution is -2.25. The van der Waals surface area contributed by atoms with Crippen molar-refractivity contribution >= 4 is 28.9 Å². The summed E-state index contributed by atoms with van der Waals surface area (Å²) in [5.41, 5.74) is 0.856. The normalized spacial score (nSPS) is 12.0. The van der Waals surface area contributed by atoms with Crippen LogP contribution < -0.4 is 0 Å². The summed E-state index contributed by atoms with van der Waals surface area (Å²) in [4.78, 5) is 23.4. The van der Waals surface area contributed by atoms with E-state index >= 15 is 0 Å². The van der Waals surface area contributed by atoms with Crippen LogP contribution in [0.2, 0.25) is 0 Å². The summed E-state index contributed by atoms with van der Waals surface area (Å²) >= 11 is 5.45. The number of esters is 1. The standard InChI is InChI=1S/C18H15ClO7/c19-18(25)16(9-11-2-5-13(21)15(23)8-11)26-17(24)6-3-10-1-4-12(20)14(22)7-10/h1-8,16,20-23H,9H2/b6-3+/t16-/m1/s1. The Balaban J connectivity index is 2.05. The summed E-state index contributed by atoms with van der Waals surface area (Å²) in [6, 6.07) is 7.86. The first kappa shape index (κ1) is 19.1. The van der Waals surface area contributed by atoms with Crippen LogP contribution in [0.1, 0.15) is 11.1 Å². The van der Waals surface area contributed by atoms with E-state index in [4.69, 9.17) is 16.3 Å². The lowest BCUT2D eigenvalue weighted by atomic mass is 10.1. The molecule has 1 atom stereocenters. The minimum atomic E-state index is -1.29. The third-order valence-electron chi connectivity index (χ3n) is 3.38. The Kier molecular flexibility index (Phi) is 6.08. The van der Waals surface area contributed by atoms with Crippen LogP contribution in [-0.4, -0.2) is 37.7 Å². The molecule has 0 amide bonds. The lowest BCUT2D eigenvalue weighted by molar-refractivity contribution is -0.147. The fourth-order valence-corrected chi connectivity index (χ4v) is 2.19. The number of phenols is 4. The van der Waals surface area contributed by atoms with E-state index in [1.807, 2.05) is 0 Å². The number of carbonyl (C=O) groups excluding carboxylic acids is 2. The molecule has 26 heavy (non-hydrogen) atoms. The second-order valence-electron chi connectivity index (χ2n) is 5.34. The summed E-state index contributed by atoms with van der Waals surface area (Å²) in [5.74, 6) is -2.18. The van der Waals surface area contributed by atoms with Crippen molar-refractivity contribution in [3.63, 3.8) is 0 Å². The summed E-state index contributed by atoms with van der Waals surface area (Å²) in [6.07, 6.45) is 0.984. The molecule has 4 N–H and O–H groups in total. The summed E-state index contributed by atoms with van der Waals surface area (Å²) in [7, 11) is 0. The Morgan fingerprint density at radius 3 is 2.15 bits per heavy atom. The zero-order valence-electron chi connectivity index (χ0n) is 13.3. The van der Waals surface area contributed by atoms with Crippen molar-refractivity contribution in [2.24, 2.45) is 0 Å². The van der Waals surface area contributed by atoms with E-state index in [1.54, 1.807) is 0 Å². The van der Waals surface area contributed by atoms with Gasteiger partial charge in [-0.2, -0.15) is 0 Å². The Hall–Kier alpha value is -3.19. The van der Waals surface area contributed by atoms with Crippen LogP contribution >= 0.6 is 11.6 Å². The van der Waals surface area contributed by atoms with E-state index in [1.165, 1.54) is 42.5 Å². The number of ether oxygens (including phenoxy) is 1. The number of rotatable bonds is 6. The number of hydrogen-bond donors (Lipinski definition) is 4. The smallest absolute Gasteiger partial charge is 0.331 e. The maximum atomic E-state index is 11.9. The molecule has 0 saturated heterocycles. The predicted molar refractivity (Wildman–Crippen MR) is 93.0 cm³/mol. The third kappa shape index (κ3) is 5.15. The van der Waals surface area contributed by atoms with Crippen LogP contribution in [0.4, 0.5) is 0 Å². The molecule has 0 radical (unpaired) electrons. The molecule has 0 aliphatic carbocycles. The number of hydrogen-bond acceptors (Lipinski definition) is 7. The average Bonchev–Trinajstić information content (AvgIpc) is 2.58. The summed E-state index contributed by atoms with van der Waals surface area (Å²) in [6.45, 7) is 0. The molecule has 7 nitrogen and oxygen atoms in total. The van der Waals surface area contributed by atoms with E-state index in [9.17, 15) is 30.0 Å². The van der Waals surface area contributed by atoms with Crippen molar-refractivity contribution in [2.45, 2.75) is 12.5 Å². The minimum Gasteiger partial charge on any atom is -0.504 e. The van der Waals surface area contributed by atoms with Crippen molar-refractivity contribution < 1.29 is 34.8 Å². The van der Waals surface area contributed by atoms with Crippen molar-refractivity contribution in [2.75, 3.05) is 0 Å². The van der Waals surface area contributed by atoms with Crippen molar-refractivity contribution in [1.29, 1.82) is 0 Å². The third-order valence-corrected chi connectivity index (χ3v) is 3.63. The largest absolute Gasteiger partial charge is 0.504 e. The lowest BCUT2D eigenvalue weighted by Gasteiger charge is -2.13. The van der Waals surface area contributed by atoms with E-state index in [-0.39, 0.29) is 29.4 Å². The van der Waals surface area contributed by atoms with Gasteiger partial charge in [0.1, 0.15) is 0 Å². The van der Waals surface area contributed by atoms with E-state index < -0.39 is 17.3 Å². The van der Waals surface area contributed by atoms with Gasteiger partial charge < -0.3 is 25.2 Å². The Morgan fingerprint density at radius 1 is 0.962 bits per heavy atom. The maximum absolute atomic E-state index is 11.9. The molecule has 2 rings (SSSR count). The first-order valence-corrected chi connectivity index (χ1v) is 7.75. The fourth-order valence-electron chi connectivity index (χ4n) is 2.07. The molecule has 0 aliphatic rings. The van der Waals surface area contributed by atoms with E-state index in [2.05, 4.69) is 0 Å². The highest BCUT2D eigenvalue weighted by molar-refractivity contribution is 6.64. The molecular weight excluding hydrogens is 364 g/mol. The molecule has 0 fully saturated rings. The van der Waals surface area contributed by atoms with Gasteiger partial charge in [0, 0.05) is 12.5 Å². The van der Waals surface area contributed by atoms with Crippen molar-refractivity contribution in [3.8, 4) is 23.0 Å². The first-order valence-electron chi connectivity index (χ1n) is 7.37. The fraction of sp³-hybridized carbons (Fsp3) is 0.111. The molecule has 0 heterocycles. The zero-order valence-corrected chi connectivity index (χ0v) is 14.1. The van der Waals surface area contributed by atoms with Gasteiger partial charge in [0.05, 0.1) is 0 Å². The topological polar surface area (TPSA) is 124 Å². The summed E-state index contributed by atoms with van der Waals surface area (Å²) in [5, 5.41) is 36.5. The SMILES string of the molecule is O=C(/C=C/c1ccc(O)c(O)c1)O[C@H](Cc1ccc(O)c(O)c1)C(=O)Cl. The van der Waals surface area contributed by atoms with Gasteiger partial charge in [0.2, 0.25) is 0 Å². The molecule has 0 unspecified atom stereocenters. The molecule has 136 valence electrons. The number of benzene rings is 2. The van der Waals surface area contributed by atoms with Gasteiger partial charge in [0.25, 0.3) is 5.24 Å². The van der Waals surface area contributed by atoms with Gasteiger partial charge in [0.15, 0.2) is 29.1 Å². The number of carbonyl (C=O) groups is 2. The second kappa shape index (κ2) is 8.26. The van der Waals surface area contributed by atoms with Gasteiger partial charge in [-0.25, -0.2) is 4.79 Å². The Morgan fingerprint density at radius 2 is 1.58 bits per heavy atom. The second-order valence-corrected chi connectivity index (χ2v) is 5.71. The quantitative estimate of drug-likeness (QED) is 0.263. The number of halogens is 1. The highest BCUT2D eigenvalue weighted by atomic mass is 35.5. The van der Waals surface area contributed by atoms with Crippen LogP contribution in [0.25, 0.3) is 6.08 Å².